The summed E-state index contributed by atoms with van der Waals surface area (Å²) in [4.78, 5) is 23.8. The lowest BCUT2D eigenvalue weighted by atomic mass is 10.2. The molecular weight excluding hydrogens is 347 g/mol. The number of anilines is 1. The van der Waals surface area contributed by atoms with E-state index in [4.69, 9.17) is 16.3 Å². The van der Waals surface area contributed by atoms with Gasteiger partial charge in [0.25, 0.3) is 5.91 Å². The van der Waals surface area contributed by atoms with Crippen LogP contribution in [0.25, 0.3) is 0 Å². The van der Waals surface area contributed by atoms with E-state index in [-0.39, 0.29) is 10.6 Å². The van der Waals surface area contributed by atoms with E-state index in [1.165, 1.54) is 19.1 Å². The van der Waals surface area contributed by atoms with E-state index in [0.717, 1.165) is 6.07 Å². The first-order chi connectivity index (χ1) is 11.3. The van der Waals surface area contributed by atoms with Crippen molar-refractivity contribution in [2.75, 3.05) is 5.32 Å². The average molecular weight is 358 g/mol. The minimum atomic E-state index is -1.71. The Morgan fingerprint density at radius 1 is 1.08 bits per heavy atom. The van der Waals surface area contributed by atoms with E-state index in [1.807, 2.05) is 5.32 Å². The maximum Gasteiger partial charge on any atom is 0.340 e. The third-order valence-electron chi connectivity index (χ3n) is 3.04. The van der Waals surface area contributed by atoms with Crippen molar-refractivity contribution in [1.82, 2.24) is 0 Å². The Kier molecular flexibility index (Phi) is 5.46. The van der Waals surface area contributed by atoms with Crippen molar-refractivity contribution in [3.8, 4) is 0 Å². The number of hydrogen-bond donors (Lipinski definition) is 1. The second kappa shape index (κ2) is 7.35. The Bertz CT molecular complexity index is 798. The lowest BCUT2D eigenvalue weighted by molar-refractivity contribution is -0.123. The van der Waals surface area contributed by atoms with Crippen molar-refractivity contribution in [3.05, 3.63) is 64.4 Å². The highest BCUT2D eigenvalue weighted by Crippen LogP contribution is 2.20. The highest BCUT2D eigenvalue weighted by atomic mass is 35.5. The number of amides is 1. The number of esters is 1. The van der Waals surface area contributed by atoms with Gasteiger partial charge in [-0.25, -0.2) is 18.0 Å². The molecule has 0 aromatic heterocycles. The number of ether oxygens (including phenoxy) is 1. The smallest absolute Gasteiger partial charge is 0.340 e. The Morgan fingerprint density at radius 2 is 1.75 bits per heavy atom. The third kappa shape index (κ3) is 3.86. The maximum absolute atomic E-state index is 13.5. The topological polar surface area (TPSA) is 55.4 Å². The zero-order valence-electron chi connectivity index (χ0n) is 12.3. The van der Waals surface area contributed by atoms with E-state index in [2.05, 4.69) is 0 Å². The van der Waals surface area contributed by atoms with Crippen molar-refractivity contribution in [2.24, 2.45) is 0 Å². The van der Waals surface area contributed by atoms with Gasteiger partial charge in [0, 0.05) is 0 Å². The van der Waals surface area contributed by atoms with Crippen molar-refractivity contribution in [2.45, 2.75) is 13.0 Å². The van der Waals surface area contributed by atoms with Crippen LogP contribution in [0.3, 0.4) is 0 Å². The van der Waals surface area contributed by atoms with Crippen LogP contribution >= 0.6 is 11.6 Å². The molecule has 0 heterocycles. The first kappa shape index (κ1) is 17.8. The molecule has 0 saturated carbocycles. The molecule has 126 valence electrons. The fourth-order valence-electron chi connectivity index (χ4n) is 1.76. The predicted octanol–water partition coefficient (Wildman–Crippen LogP) is 3.94. The molecular formula is C16H11ClF3NO3. The molecule has 0 aliphatic heterocycles. The monoisotopic (exact) mass is 357 g/mol. The summed E-state index contributed by atoms with van der Waals surface area (Å²) in [6, 6.07) is 7.57. The first-order valence-corrected chi connectivity index (χ1v) is 7.09. The van der Waals surface area contributed by atoms with Crippen LogP contribution in [0.15, 0.2) is 36.4 Å². The Morgan fingerprint density at radius 3 is 2.42 bits per heavy atom. The molecule has 1 N–H and O–H groups in total. The summed E-state index contributed by atoms with van der Waals surface area (Å²) in [5.74, 6) is -6.42. The normalized spacial score (nSPS) is 11.7. The quantitative estimate of drug-likeness (QED) is 0.666. The number of halogens is 4. The molecule has 0 bridgehead atoms. The molecule has 0 aliphatic carbocycles. The summed E-state index contributed by atoms with van der Waals surface area (Å²) in [6.07, 6.45) is -1.32. The second-order valence-electron chi connectivity index (χ2n) is 4.74. The van der Waals surface area contributed by atoms with Crippen LogP contribution in [0.5, 0.6) is 0 Å². The molecule has 2 aromatic carbocycles. The lowest BCUT2D eigenvalue weighted by Gasteiger charge is -2.14. The Labute approximate surface area is 140 Å². The minimum absolute atomic E-state index is 0.0535. The van der Waals surface area contributed by atoms with Crippen LogP contribution < -0.4 is 5.32 Å². The summed E-state index contributed by atoms with van der Waals surface area (Å²) < 4.78 is 44.4. The van der Waals surface area contributed by atoms with Gasteiger partial charge >= 0.3 is 5.97 Å². The summed E-state index contributed by atoms with van der Waals surface area (Å²) in [5.41, 5.74) is -0.516. The summed E-state index contributed by atoms with van der Waals surface area (Å²) in [7, 11) is 0. The predicted molar refractivity (Wildman–Crippen MR) is 81.3 cm³/mol. The fraction of sp³-hybridized carbons (Fsp3) is 0.125. The molecule has 4 nitrogen and oxygen atoms in total. The molecule has 8 heteroatoms. The molecule has 0 radical (unpaired) electrons. The van der Waals surface area contributed by atoms with E-state index >= 15 is 0 Å². The first-order valence-electron chi connectivity index (χ1n) is 6.71. The van der Waals surface area contributed by atoms with Gasteiger partial charge in [-0.3, -0.25) is 4.79 Å². The zero-order chi connectivity index (χ0) is 17.9. The van der Waals surface area contributed by atoms with Crippen LogP contribution in [0.2, 0.25) is 5.02 Å². The van der Waals surface area contributed by atoms with Crippen molar-refractivity contribution in [1.29, 1.82) is 0 Å². The number of carbonyl (C=O) groups excluding carboxylic acids is 2. The number of benzene rings is 2. The van der Waals surface area contributed by atoms with Gasteiger partial charge in [0.15, 0.2) is 23.6 Å². The molecule has 0 spiro atoms. The minimum Gasteiger partial charge on any atom is -0.449 e. The number of nitrogens with one attached hydrogen (secondary N) is 1. The Hall–Kier alpha value is -2.54. The van der Waals surface area contributed by atoms with Gasteiger partial charge < -0.3 is 10.1 Å². The number of rotatable bonds is 4. The SMILES string of the molecule is C[C@@H](OC(=O)c1ccccc1Cl)C(=O)Nc1ccc(F)c(F)c1F. The molecule has 2 aromatic rings. The van der Waals surface area contributed by atoms with Gasteiger partial charge in [0.05, 0.1) is 16.3 Å². The van der Waals surface area contributed by atoms with Crippen LogP contribution in [-0.4, -0.2) is 18.0 Å². The highest BCUT2D eigenvalue weighted by molar-refractivity contribution is 6.33. The van der Waals surface area contributed by atoms with Gasteiger partial charge in [-0.1, -0.05) is 23.7 Å². The molecule has 0 saturated heterocycles. The number of hydrogen-bond acceptors (Lipinski definition) is 3. The van der Waals surface area contributed by atoms with Crippen LogP contribution in [0.4, 0.5) is 18.9 Å². The Balaban J connectivity index is 2.07. The van der Waals surface area contributed by atoms with Gasteiger partial charge in [-0.15, -0.1) is 0 Å². The number of carbonyl (C=O) groups is 2. The molecule has 2 rings (SSSR count). The summed E-state index contributed by atoms with van der Waals surface area (Å²) in [5, 5.41) is 2.16. The maximum atomic E-state index is 13.5. The van der Waals surface area contributed by atoms with E-state index in [0.29, 0.717) is 6.07 Å². The molecule has 0 aliphatic rings. The zero-order valence-corrected chi connectivity index (χ0v) is 13.0. The van der Waals surface area contributed by atoms with E-state index in [1.54, 1.807) is 12.1 Å². The van der Waals surface area contributed by atoms with Crippen molar-refractivity contribution >= 4 is 29.2 Å². The largest absolute Gasteiger partial charge is 0.449 e. The van der Waals surface area contributed by atoms with Gasteiger partial charge in [0.2, 0.25) is 0 Å². The molecule has 1 atom stereocenters. The second-order valence-corrected chi connectivity index (χ2v) is 5.15. The van der Waals surface area contributed by atoms with Gasteiger partial charge in [-0.05, 0) is 31.2 Å². The van der Waals surface area contributed by atoms with Crippen molar-refractivity contribution in [3.63, 3.8) is 0 Å². The standard InChI is InChI=1S/C16H11ClF3NO3/c1-8(24-16(23)9-4-2-3-5-10(9)17)15(22)21-12-7-6-11(18)13(19)14(12)20/h2-8H,1H3,(H,21,22)/t8-/m1/s1. The molecule has 1 amide bonds. The van der Waals surface area contributed by atoms with E-state index in [9.17, 15) is 22.8 Å². The molecule has 24 heavy (non-hydrogen) atoms. The molecule has 0 unspecified atom stereocenters. The average Bonchev–Trinajstić information content (AvgIpc) is 2.55. The lowest BCUT2D eigenvalue weighted by Crippen LogP contribution is -2.30. The van der Waals surface area contributed by atoms with Gasteiger partial charge in [-0.2, -0.15) is 0 Å². The molecule has 0 fully saturated rings. The van der Waals surface area contributed by atoms with Crippen LogP contribution in [0.1, 0.15) is 17.3 Å². The summed E-state index contributed by atoms with van der Waals surface area (Å²) in [6.45, 7) is 1.24. The van der Waals surface area contributed by atoms with Crippen molar-refractivity contribution < 1.29 is 27.5 Å². The summed E-state index contributed by atoms with van der Waals surface area (Å²) >= 11 is 5.84. The highest BCUT2D eigenvalue weighted by Gasteiger charge is 2.22. The van der Waals surface area contributed by atoms with Gasteiger partial charge in [0.1, 0.15) is 0 Å². The van der Waals surface area contributed by atoms with Crippen LogP contribution in [-0.2, 0) is 9.53 Å². The third-order valence-corrected chi connectivity index (χ3v) is 3.37. The van der Waals surface area contributed by atoms with Crippen LogP contribution in [0, 0.1) is 17.5 Å². The fourth-order valence-corrected chi connectivity index (χ4v) is 1.97. The van der Waals surface area contributed by atoms with E-state index < -0.39 is 41.1 Å².